The highest BCUT2D eigenvalue weighted by Crippen LogP contribution is 2.31. The van der Waals surface area contributed by atoms with Crippen LogP contribution >= 0.6 is 23.4 Å². The largest absolute Gasteiger partial charge is 0.466 e. The van der Waals surface area contributed by atoms with Crippen LogP contribution in [0.1, 0.15) is 36.5 Å². The van der Waals surface area contributed by atoms with Gasteiger partial charge in [0.25, 0.3) is 5.91 Å². The highest BCUT2D eigenvalue weighted by atomic mass is 35.5. The first kappa shape index (κ1) is 22.4. The Balaban J connectivity index is 1.73. The number of esters is 1. The van der Waals surface area contributed by atoms with Crippen molar-refractivity contribution < 1.29 is 14.3 Å². The summed E-state index contributed by atoms with van der Waals surface area (Å²) in [7, 11) is 0. The van der Waals surface area contributed by atoms with E-state index in [0.29, 0.717) is 35.2 Å². The van der Waals surface area contributed by atoms with Crippen LogP contribution in [0.4, 0.5) is 11.5 Å². The summed E-state index contributed by atoms with van der Waals surface area (Å²) >= 11 is 7.58. The van der Waals surface area contributed by atoms with Crippen LogP contribution in [-0.4, -0.2) is 42.8 Å². The lowest BCUT2D eigenvalue weighted by atomic mass is 9.93. The summed E-state index contributed by atoms with van der Waals surface area (Å²) in [4.78, 5) is 31.4. The smallest absolute Gasteiger partial charge is 0.306 e. The molecule has 0 unspecified atom stereocenters. The Morgan fingerprint density at radius 1 is 1.27 bits per heavy atom. The molecule has 8 heteroatoms. The highest BCUT2D eigenvalue weighted by molar-refractivity contribution is 7.98. The summed E-state index contributed by atoms with van der Waals surface area (Å²) in [6, 6.07) is 10.6. The summed E-state index contributed by atoms with van der Waals surface area (Å²) in [6.45, 7) is 3.78. The first-order valence-electron chi connectivity index (χ1n) is 10.0. The number of hydrogen-bond acceptors (Lipinski definition) is 6. The third kappa shape index (κ3) is 5.89. The van der Waals surface area contributed by atoms with E-state index in [1.54, 1.807) is 36.0 Å². The van der Waals surface area contributed by atoms with Gasteiger partial charge in [0.15, 0.2) is 5.82 Å². The molecule has 0 spiro atoms. The van der Waals surface area contributed by atoms with Crippen LogP contribution in [0.25, 0.3) is 0 Å². The maximum atomic E-state index is 12.7. The maximum Gasteiger partial charge on any atom is 0.306 e. The van der Waals surface area contributed by atoms with Crippen molar-refractivity contribution in [1.82, 2.24) is 4.98 Å². The number of thioether (sulfide) groups is 1. The molecule has 1 fully saturated rings. The predicted octanol–water partition coefficient (Wildman–Crippen LogP) is 4.88. The summed E-state index contributed by atoms with van der Waals surface area (Å²) in [5.41, 5.74) is 1.16. The molecule has 0 bridgehead atoms. The third-order valence-corrected chi connectivity index (χ3v) is 5.95. The Bertz CT molecular complexity index is 901. The summed E-state index contributed by atoms with van der Waals surface area (Å²) in [5, 5.41) is 4.38. The van der Waals surface area contributed by atoms with Gasteiger partial charge in [0.1, 0.15) is 0 Å². The highest BCUT2D eigenvalue weighted by Gasteiger charge is 2.25. The van der Waals surface area contributed by atoms with Gasteiger partial charge in [-0.05, 0) is 62.3 Å². The van der Waals surface area contributed by atoms with E-state index in [1.807, 2.05) is 25.3 Å². The Hall–Kier alpha value is -2.25. The number of halogens is 1. The first-order valence-corrected chi connectivity index (χ1v) is 11.6. The molecule has 1 aromatic heterocycles. The molecule has 6 nitrogen and oxygen atoms in total. The van der Waals surface area contributed by atoms with Crippen molar-refractivity contribution in [3.8, 4) is 0 Å². The van der Waals surface area contributed by atoms with Gasteiger partial charge < -0.3 is 15.0 Å². The van der Waals surface area contributed by atoms with E-state index < -0.39 is 0 Å². The Kier molecular flexibility index (Phi) is 7.99. The second-order valence-electron chi connectivity index (χ2n) is 7.13. The Labute approximate surface area is 186 Å². The molecule has 1 aromatic carbocycles. The van der Waals surface area contributed by atoms with E-state index in [1.165, 1.54) is 0 Å². The van der Waals surface area contributed by atoms with Crippen molar-refractivity contribution >= 4 is 46.7 Å². The molecule has 0 atom stereocenters. The van der Waals surface area contributed by atoms with Crippen molar-refractivity contribution in [1.29, 1.82) is 0 Å². The Morgan fingerprint density at radius 2 is 2.03 bits per heavy atom. The van der Waals surface area contributed by atoms with Crippen molar-refractivity contribution in [2.75, 3.05) is 36.2 Å². The van der Waals surface area contributed by atoms with Crippen LogP contribution < -0.4 is 10.2 Å². The number of rotatable bonds is 7. The minimum atomic E-state index is -0.227. The monoisotopic (exact) mass is 447 g/mol. The molecule has 1 aliphatic heterocycles. The zero-order chi connectivity index (χ0) is 21.5. The molecule has 160 valence electrons. The van der Waals surface area contributed by atoms with E-state index in [2.05, 4.69) is 10.2 Å². The molecular formula is C22H26ClN3O3S. The van der Waals surface area contributed by atoms with E-state index in [-0.39, 0.29) is 11.9 Å². The fourth-order valence-corrected chi connectivity index (χ4v) is 4.08. The number of hydrogen-bond donors (Lipinski definition) is 1. The van der Waals surface area contributed by atoms with Gasteiger partial charge in [0.2, 0.25) is 0 Å². The van der Waals surface area contributed by atoms with Gasteiger partial charge in [0.05, 0.1) is 17.3 Å². The number of piperidine rings is 1. The number of ether oxygens (including phenoxy) is 1. The fourth-order valence-electron chi connectivity index (χ4n) is 3.51. The van der Waals surface area contributed by atoms with Crippen LogP contribution in [0.5, 0.6) is 0 Å². The lowest BCUT2D eigenvalue weighted by molar-refractivity contribution is -0.144. The van der Waals surface area contributed by atoms with Gasteiger partial charge in [-0.1, -0.05) is 17.7 Å². The molecule has 2 heterocycles. The molecule has 1 saturated heterocycles. The fraction of sp³-hybridized carbons (Fsp3) is 0.409. The minimum Gasteiger partial charge on any atom is -0.466 e. The van der Waals surface area contributed by atoms with Gasteiger partial charge in [-0.15, -0.1) is 11.8 Å². The van der Waals surface area contributed by atoms with E-state index in [0.717, 1.165) is 36.8 Å². The van der Waals surface area contributed by atoms with Crippen LogP contribution in [0.3, 0.4) is 0 Å². The molecule has 1 amide bonds. The first-order chi connectivity index (χ1) is 14.5. The van der Waals surface area contributed by atoms with Crippen LogP contribution in [0.2, 0.25) is 5.02 Å². The molecule has 30 heavy (non-hydrogen) atoms. The average molecular weight is 448 g/mol. The summed E-state index contributed by atoms with van der Waals surface area (Å²) in [5.74, 6) is 0.711. The van der Waals surface area contributed by atoms with Crippen molar-refractivity contribution in [3.05, 3.63) is 47.0 Å². The number of carbonyl (C=O) groups excluding carboxylic acids is 2. The molecule has 0 radical (unpaired) electrons. The SMILES string of the molecule is CCOC(=O)CC1CCN(c2nc(SC)ccc2NC(=O)c2cccc(Cl)c2)CC1. The van der Waals surface area contributed by atoms with Gasteiger partial charge in [-0.3, -0.25) is 9.59 Å². The number of aromatic nitrogens is 1. The number of amides is 1. The molecular weight excluding hydrogens is 422 g/mol. The normalized spacial score (nSPS) is 14.4. The third-order valence-electron chi connectivity index (χ3n) is 5.07. The van der Waals surface area contributed by atoms with Gasteiger partial charge in [-0.2, -0.15) is 0 Å². The molecule has 0 saturated carbocycles. The zero-order valence-corrected chi connectivity index (χ0v) is 18.8. The number of benzene rings is 1. The topological polar surface area (TPSA) is 71.5 Å². The van der Waals surface area contributed by atoms with Crippen LogP contribution in [0.15, 0.2) is 41.4 Å². The number of carbonyl (C=O) groups is 2. The number of pyridine rings is 1. The molecule has 0 aliphatic carbocycles. The van der Waals surface area contributed by atoms with Gasteiger partial charge in [-0.25, -0.2) is 4.98 Å². The van der Waals surface area contributed by atoms with E-state index in [9.17, 15) is 9.59 Å². The minimum absolute atomic E-state index is 0.132. The molecule has 1 aliphatic rings. The zero-order valence-electron chi connectivity index (χ0n) is 17.2. The molecule has 3 rings (SSSR count). The second kappa shape index (κ2) is 10.7. The number of anilines is 2. The average Bonchev–Trinajstić information content (AvgIpc) is 2.75. The molecule has 2 aromatic rings. The van der Waals surface area contributed by atoms with Crippen LogP contribution in [0, 0.1) is 5.92 Å². The predicted molar refractivity (Wildman–Crippen MR) is 122 cm³/mol. The quantitative estimate of drug-likeness (QED) is 0.481. The Morgan fingerprint density at radius 3 is 2.70 bits per heavy atom. The van der Waals surface area contributed by atoms with Gasteiger partial charge in [0, 0.05) is 30.1 Å². The van der Waals surface area contributed by atoms with Crippen molar-refractivity contribution in [3.63, 3.8) is 0 Å². The lowest BCUT2D eigenvalue weighted by Crippen LogP contribution is -2.35. The summed E-state index contributed by atoms with van der Waals surface area (Å²) < 4.78 is 5.08. The molecule has 1 N–H and O–H groups in total. The van der Waals surface area contributed by atoms with Gasteiger partial charge >= 0.3 is 5.97 Å². The van der Waals surface area contributed by atoms with Crippen LogP contribution in [-0.2, 0) is 9.53 Å². The van der Waals surface area contributed by atoms with Crippen molar-refractivity contribution in [2.24, 2.45) is 5.92 Å². The van der Waals surface area contributed by atoms with E-state index >= 15 is 0 Å². The van der Waals surface area contributed by atoms with E-state index in [4.69, 9.17) is 21.3 Å². The number of nitrogens with zero attached hydrogens (tertiary/aromatic N) is 2. The second-order valence-corrected chi connectivity index (χ2v) is 8.39. The lowest BCUT2D eigenvalue weighted by Gasteiger charge is -2.33. The summed E-state index contributed by atoms with van der Waals surface area (Å²) in [6.07, 6.45) is 4.19. The number of nitrogens with one attached hydrogen (secondary N) is 1. The standard InChI is InChI=1S/C22H26ClN3O3S/c1-3-29-20(27)13-15-9-11-26(12-10-15)21-18(7-8-19(25-21)30-2)24-22(28)16-5-4-6-17(23)14-16/h4-8,14-15H,3,9-13H2,1-2H3,(H,24,28). The van der Waals surface area contributed by atoms with Crippen molar-refractivity contribution in [2.45, 2.75) is 31.2 Å². The maximum absolute atomic E-state index is 12.7.